The van der Waals surface area contributed by atoms with Crippen LogP contribution in [-0.2, 0) is 17.6 Å². The van der Waals surface area contributed by atoms with Gasteiger partial charge in [-0.3, -0.25) is 4.79 Å². The van der Waals surface area contributed by atoms with Gasteiger partial charge in [0.1, 0.15) is 0 Å². The van der Waals surface area contributed by atoms with Crippen LogP contribution in [0.5, 0.6) is 0 Å². The van der Waals surface area contributed by atoms with Gasteiger partial charge in [0.05, 0.1) is 0 Å². The SMILES string of the molecule is CS1=CC(C2CCC(CCC(=O)O)CC2)=C(c2cc3c(cc2Br)CCNCC3)C=C1. The molecule has 162 valence electrons. The molecule has 1 atom stereocenters. The van der Waals surface area contributed by atoms with Crippen LogP contribution in [-0.4, -0.2) is 35.8 Å². The highest BCUT2D eigenvalue weighted by Gasteiger charge is 2.27. The van der Waals surface area contributed by atoms with Crippen molar-refractivity contribution in [2.45, 2.75) is 51.4 Å². The van der Waals surface area contributed by atoms with Crippen molar-refractivity contribution in [2.75, 3.05) is 19.3 Å². The quantitative estimate of drug-likeness (QED) is 0.514. The highest BCUT2D eigenvalue weighted by atomic mass is 79.9. The van der Waals surface area contributed by atoms with E-state index in [-0.39, 0.29) is 10.5 Å². The zero-order chi connectivity index (χ0) is 21.1. The van der Waals surface area contributed by atoms with Crippen LogP contribution >= 0.6 is 26.4 Å². The fourth-order valence-electron chi connectivity index (χ4n) is 5.13. The number of carbonyl (C=O) groups is 1. The lowest BCUT2D eigenvalue weighted by Gasteiger charge is -2.31. The standard InChI is InChI=1S/C25H32BrNO2S/c1-30-13-10-21(22-14-19-8-11-27-12-9-20(19)15-24(22)26)23(16-30)18-5-2-17(3-6-18)4-7-25(28)29/h10,13-18,27H,2-9,11-12H2,1H3,(H,28,29). The van der Waals surface area contributed by atoms with Crippen LogP contribution in [0, 0.1) is 11.8 Å². The van der Waals surface area contributed by atoms with Gasteiger partial charge in [-0.05, 0) is 133 Å². The van der Waals surface area contributed by atoms with E-state index in [0.29, 0.717) is 18.3 Å². The lowest BCUT2D eigenvalue weighted by Crippen LogP contribution is -2.19. The third kappa shape index (κ3) is 5.17. The van der Waals surface area contributed by atoms with Crippen molar-refractivity contribution < 1.29 is 9.90 Å². The van der Waals surface area contributed by atoms with Gasteiger partial charge in [0.25, 0.3) is 0 Å². The predicted molar refractivity (Wildman–Crippen MR) is 132 cm³/mol. The topological polar surface area (TPSA) is 49.3 Å². The Morgan fingerprint density at radius 2 is 1.87 bits per heavy atom. The van der Waals surface area contributed by atoms with E-state index in [2.05, 4.69) is 56.5 Å². The van der Waals surface area contributed by atoms with Crippen LogP contribution in [0.25, 0.3) is 5.57 Å². The molecule has 1 aromatic carbocycles. The molecule has 1 saturated carbocycles. The third-order valence-electron chi connectivity index (χ3n) is 6.85. The molecule has 2 N–H and O–H groups in total. The normalized spacial score (nSPS) is 26.7. The molecule has 1 aliphatic carbocycles. The average molecular weight is 491 g/mol. The minimum atomic E-state index is -0.661. The highest BCUT2D eigenvalue weighted by Crippen LogP contribution is 2.42. The number of nitrogens with one attached hydrogen (secondary N) is 1. The van der Waals surface area contributed by atoms with Gasteiger partial charge in [0.15, 0.2) is 0 Å². The van der Waals surface area contributed by atoms with E-state index in [0.717, 1.165) is 45.2 Å². The van der Waals surface area contributed by atoms with E-state index < -0.39 is 5.97 Å². The number of allylic oxidation sites excluding steroid dienone is 3. The Kier molecular flexibility index (Phi) is 7.32. The van der Waals surface area contributed by atoms with Gasteiger partial charge in [0, 0.05) is 10.9 Å². The van der Waals surface area contributed by atoms with Crippen LogP contribution < -0.4 is 5.32 Å². The summed E-state index contributed by atoms with van der Waals surface area (Å²) in [5.74, 6) is 0.506. The van der Waals surface area contributed by atoms with Crippen LogP contribution in [0.3, 0.4) is 0 Å². The minimum Gasteiger partial charge on any atom is -0.481 e. The summed E-state index contributed by atoms with van der Waals surface area (Å²) >= 11 is 3.89. The second-order valence-corrected chi connectivity index (χ2v) is 11.5. The van der Waals surface area contributed by atoms with Crippen LogP contribution in [0.15, 0.2) is 33.7 Å². The van der Waals surface area contributed by atoms with Crippen LogP contribution in [0.2, 0.25) is 0 Å². The molecule has 0 aromatic heterocycles. The maximum absolute atomic E-state index is 10.9. The van der Waals surface area contributed by atoms with Gasteiger partial charge in [-0.25, -0.2) is 0 Å². The first kappa shape index (κ1) is 22.0. The number of rotatable bonds is 5. The highest BCUT2D eigenvalue weighted by molar-refractivity contribution is 9.10. The fourth-order valence-corrected chi connectivity index (χ4v) is 6.88. The Labute approximate surface area is 191 Å². The lowest BCUT2D eigenvalue weighted by molar-refractivity contribution is -0.137. The smallest absolute Gasteiger partial charge is 0.303 e. The molecule has 4 rings (SSSR count). The van der Waals surface area contributed by atoms with Gasteiger partial charge in [-0.2, -0.15) is 10.5 Å². The van der Waals surface area contributed by atoms with Crippen molar-refractivity contribution in [3.8, 4) is 0 Å². The lowest BCUT2D eigenvalue weighted by atomic mass is 9.75. The van der Waals surface area contributed by atoms with Crippen molar-refractivity contribution in [3.05, 3.63) is 50.4 Å². The van der Waals surface area contributed by atoms with Crippen molar-refractivity contribution in [1.82, 2.24) is 5.32 Å². The summed E-state index contributed by atoms with van der Waals surface area (Å²) in [6.07, 6.45) is 12.7. The van der Waals surface area contributed by atoms with Crippen LogP contribution in [0.4, 0.5) is 0 Å². The second-order valence-electron chi connectivity index (χ2n) is 8.90. The zero-order valence-electron chi connectivity index (χ0n) is 17.8. The summed E-state index contributed by atoms with van der Waals surface area (Å²) < 4.78 is 1.21. The number of fused-ring (bicyclic) bond motifs is 1. The molecular weight excluding hydrogens is 458 g/mol. The first-order chi connectivity index (χ1) is 14.5. The Bertz CT molecular complexity index is 910. The molecule has 0 radical (unpaired) electrons. The summed E-state index contributed by atoms with van der Waals surface area (Å²) in [5.41, 5.74) is 7.20. The van der Waals surface area contributed by atoms with E-state index in [1.165, 1.54) is 45.2 Å². The number of hydrogen-bond donors (Lipinski definition) is 2. The van der Waals surface area contributed by atoms with Gasteiger partial charge in [-0.15, -0.1) is 0 Å². The monoisotopic (exact) mass is 489 g/mol. The number of carboxylic acid groups (broad SMARTS) is 1. The Balaban J connectivity index is 1.61. The molecule has 2 aliphatic heterocycles. The van der Waals surface area contributed by atoms with Gasteiger partial charge >= 0.3 is 5.97 Å². The van der Waals surface area contributed by atoms with Gasteiger partial charge in [0.2, 0.25) is 0 Å². The molecule has 3 nitrogen and oxygen atoms in total. The van der Waals surface area contributed by atoms with E-state index in [1.807, 2.05) is 0 Å². The maximum atomic E-state index is 10.9. The molecule has 0 bridgehead atoms. The molecule has 30 heavy (non-hydrogen) atoms. The molecule has 3 aliphatic rings. The second kappa shape index (κ2) is 9.97. The Morgan fingerprint density at radius 1 is 1.17 bits per heavy atom. The molecule has 1 aromatic rings. The summed E-state index contributed by atoms with van der Waals surface area (Å²) in [6, 6.07) is 4.77. The Morgan fingerprint density at radius 3 is 2.57 bits per heavy atom. The Hall–Kier alpha value is -1.17. The number of aliphatic carboxylic acids is 1. The number of benzene rings is 1. The third-order valence-corrected chi connectivity index (χ3v) is 8.70. The van der Waals surface area contributed by atoms with E-state index in [9.17, 15) is 4.79 Å². The van der Waals surface area contributed by atoms with E-state index >= 15 is 0 Å². The van der Waals surface area contributed by atoms with Gasteiger partial charge < -0.3 is 10.4 Å². The summed E-state index contributed by atoms with van der Waals surface area (Å²) in [5, 5.41) is 17.3. The molecule has 2 heterocycles. The van der Waals surface area contributed by atoms with Crippen molar-refractivity contribution in [1.29, 1.82) is 0 Å². The van der Waals surface area contributed by atoms with E-state index in [4.69, 9.17) is 5.11 Å². The predicted octanol–water partition coefficient (Wildman–Crippen LogP) is 5.79. The summed E-state index contributed by atoms with van der Waals surface area (Å²) in [6.45, 7) is 2.12. The first-order valence-corrected chi connectivity index (χ1v) is 13.7. The van der Waals surface area contributed by atoms with Gasteiger partial charge in [-0.1, -0.05) is 15.9 Å². The molecular formula is C25H32BrNO2S. The molecule has 0 saturated heterocycles. The number of hydrogen-bond acceptors (Lipinski definition) is 2. The van der Waals surface area contributed by atoms with E-state index in [1.54, 1.807) is 0 Å². The number of halogens is 1. The zero-order valence-corrected chi connectivity index (χ0v) is 20.2. The maximum Gasteiger partial charge on any atom is 0.303 e. The van der Waals surface area contributed by atoms with Crippen molar-refractivity contribution >= 4 is 43.3 Å². The minimum absolute atomic E-state index is 0.187. The molecule has 1 fully saturated rings. The fraction of sp³-hybridized carbons (Fsp3) is 0.520. The average Bonchev–Trinajstić information content (AvgIpc) is 2.97. The molecule has 0 amide bonds. The summed E-state index contributed by atoms with van der Waals surface area (Å²) in [7, 11) is 0.187. The van der Waals surface area contributed by atoms with Crippen molar-refractivity contribution in [3.63, 3.8) is 0 Å². The number of carboxylic acids is 1. The molecule has 5 heteroatoms. The largest absolute Gasteiger partial charge is 0.481 e. The van der Waals surface area contributed by atoms with Crippen LogP contribution in [0.1, 0.15) is 55.2 Å². The summed E-state index contributed by atoms with van der Waals surface area (Å²) in [4.78, 5) is 10.9. The first-order valence-electron chi connectivity index (χ1n) is 11.2. The van der Waals surface area contributed by atoms with Crippen molar-refractivity contribution in [2.24, 2.45) is 11.8 Å². The molecule has 0 spiro atoms. The molecule has 1 unspecified atom stereocenters.